The second kappa shape index (κ2) is 6.02. The van der Waals surface area contributed by atoms with Crippen LogP contribution in [-0.2, 0) is 0 Å². The van der Waals surface area contributed by atoms with Gasteiger partial charge in [0.25, 0.3) is 0 Å². The molecule has 0 saturated carbocycles. The van der Waals surface area contributed by atoms with Crippen molar-refractivity contribution < 1.29 is 0 Å². The molecule has 0 unspecified atom stereocenters. The zero-order valence-electron chi connectivity index (χ0n) is 7.72. The van der Waals surface area contributed by atoms with Crippen LogP contribution in [0.5, 0.6) is 0 Å². The van der Waals surface area contributed by atoms with Gasteiger partial charge in [-0.3, -0.25) is 0 Å². The highest BCUT2D eigenvalue weighted by Gasteiger charge is 1.92. The molecule has 59 valence electrons. The van der Waals surface area contributed by atoms with E-state index in [1.54, 1.807) is 6.08 Å². The maximum atomic E-state index is 3.62. The summed E-state index contributed by atoms with van der Waals surface area (Å²) in [4.78, 5) is 0. The lowest BCUT2D eigenvalue weighted by Crippen LogP contribution is -1.91. The van der Waals surface area contributed by atoms with E-state index in [0.717, 1.165) is 6.32 Å². The van der Waals surface area contributed by atoms with E-state index in [9.17, 15) is 0 Å². The fraction of sp³-hybridized carbons (Fsp3) is 0.400. The first kappa shape index (κ1) is 10.3. The third-order valence-electron chi connectivity index (χ3n) is 1.61. The van der Waals surface area contributed by atoms with Gasteiger partial charge in [-0.25, -0.2) is 0 Å². The number of allylic oxidation sites excluding steroid dienone is 5. The van der Waals surface area contributed by atoms with Crippen LogP contribution in [-0.4, -0.2) is 7.28 Å². The Morgan fingerprint density at radius 3 is 2.55 bits per heavy atom. The van der Waals surface area contributed by atoms with Crippen LogP contribution in [0.25, 0.3) is 0 Å². The van der Waals surface area contributed by atoms with Gasteiger partial charge in [-0.2, -0.15) is 0 Å². The Morgan fingerprint density at radius 1 is 1.45 bits per heavy atom. The van der Waals surface area contributed by atoms with E-state index in [1.807, 2.05) is 6.08 Å². The summed E-state index contributed by atoms with van der Waals surface area (Å²) in [7, 11) is 2.22. The lowest BCUT2D eigenvalue weighted by atomic mass is 9.66. The summed E-state index contributed by atoms with van der Waals surface area (Å²) in [6, 6.07) is 0. The van der Waals surface area contributed by atoms with Gasteiger partial charge in [0.2, 0.25) is 0 Å². The molecule has 0 amide bonds. The summed E-state index contributed by atoms with van der Waals surface area (Å²) < 4.78 is 0. The smallest absolute Gasteiger partial charge is 0.109 e. The van der Waals surface area contributed by atoms with Crippen molar-refractivity contribution in [3.63, 3.8) is 0 Å². The Hall–Kier alpha value is -0.715. The predicted molar refractivity (Wildman–Crippen MR) is 53.9 cm³/mol. The molecule has 0 aliphatic carbocycles. The molecule has 0 aromatic heterocycles. The summed E-state index contributed by atoms with van der Waals surface area (Å²) >= 11 is 0. The van der Waals surface area contributed by atoms with Crippen LogP contribution >= 0.6 is 0 Å². The standard InChI is InChI=1S/C10H16B/c1-5-7-8-9(3)10(4)11-6-2/h5,7-8H,1,6H2,2-4H3/b8-7-,10-9+. The van der Waals surface area contributed by atoms with Gasteiger partial charge in [0.15, 0.2) is 0 Å². The Balaban J connectivity index is 4.14. The molecule has 11 heavy (non-hydrogen) atoms. The minimum atomic E-state index is 1.10. The second-order valence-corrected chi connectivity index (χ2v) is 2.57. The van der Waals surface area contributed by atoms with Crippen LogP contribution in [0.1, 0.15) is 20.8 Å². The van der Waals surface area contributed by atoms with Crippen LogP contribution < -0.4 is 0 Å². The van der Waals surface area contributed by atoms with Crippen molar-refractivity contribution >= 4 is 7.28 Å². The highest BCUT2D eigenvalue weighted by Crippen LogP contribution is 2.04. The number of hydrogen-bond acceptors (Lipinski definition) is 0. The van der Waals surface area contributed by atoms with Gasteiger partial charge >= 0.3 is 0 Å². The van der Waals surface area contributed by atoms with Crippen LogP contribution in [0, 0.1) is 0 Å². The lowest BCUT2D eigenvalue weighted by molar-refractivity contribution is 1.38. The zero-order valence-corrected chi connectivity index (χ0v) is 7.72. The maximum absolute atomic E-state index is 3.62. The van der Waals surface area contributed by atoms with Crippen molar-refractivity contribution in [2.24, 2.45) is 0 Å². The Morgan fingerprint density at radius 2 is 2.09 bits per heavy atom. The van der Waals surface area contributed by atoms with Gasteiger partial charge in [-0.1, -0.05) is 50.5 Å². The van der Waals surface area contributed by atoms with Gasteiger partial charge in [0, 0.05) is 0 Å². The van der Waals surface area contributed by atoms with E-state index < -0.39 is 0 Å². The Labute approximate surface area is 70.9 Å². The van der Waals surface area contributed by atoms with E-state index in [2.05, 4.69) is 40.7 Å². The van der Waals surface area contributed by atoms with Gasteiger partial charge in [0.1, 0.15) is 7.28 Å². The summed E-state index contributed by atoms with van der Waals surface area (Å²) in [6.07, 6.45) is 6.94. The van der Waals surface area contributed by atoms with Crippen molar-refractivity contribution in [3.8, 4) is 0 Å². The fourth-order valence-corrected chi connectivity index (χ4v) is 0.811. The minimum Gasteiger partial charge on any atom is -0.109 e. The first-order valence-corrected chi connectivity index (χ1v) is 4.02. The van der Waals surface area contributed by atoms with Crippen LogP contribution in [0.4, 0.5) is 0 Å². The molecule has 0 saturated heterocycles. The molecule has 0 aliphatic heterocycles. The fourth-order valence-electron chi connectivity index (χ4n) is 0.811. The molecule has 0 N–H and O–H groups in total. The van der Waals surface area contributed by atoms with Gasteiger partial charge in [-0.05, 0) is 6.92 Å². The first-order chi connectivity index (χ1) is 5.22. The molecule has 1 heteroatoms. The molecule has 0 heterocycles. The summed E-state index contributed by atoms with van der Waals surface area (Å²) in [5.41, 5.74) is 2.66. The molecule has 1 radical (unpaired) electrons. The average Bonchev–Trinajstić information content (AvgIpc) is 2.00. The van der Waals surface area contributed by atoms with Crippen molar-refractivity contribution in [3.05, 3.63) is 35.9 Å². The Kier molecular flexibility index (Phi) is 5.63. The van der Waals surface area contributed by atoms with Crippen LogP contribution in [0.2, 0.25) is 6.32 Å². The minimum absolute atomic E-state index is 1.10. The van der Waals surface area contributed by atoms with Gasteiger partial charge in [0.05, 0.1) is 0 Å². The predicted octanol–water partition coefficient (Wildman–Crippen LogP) is 3.16. The van der Waals surface area contributed by atoms with E-state index in [1.165, 1.54) is 11.0 Å². The SMILES string of the molecule is C=C/C=C\C(C)=C(/C)[B]CC. The molecule has 0 fully saturated rings. The Bertz CT molecular complexity index is 175. The van der Waals surface area contributed by atoms with Crippen molar-refractivity contribution in [1.82, 2.24) is 0 Å². The molecule has 0 aromatic rings. The normalized spacial score (nSPS) is 13.0. The monoisotopic (exact) mass is 147 g/mol. The van der Waals surface area contributed by atoms with Gasteiger partial charge < -0.3 is 0 Å². The van der Waals surface area contributed by atoms with E-state index in [-0.39, 0.29) is 0 Å². The number of hydrogen-bond donors (Lipinski definition) is 0. The molecule has 0 bridgehead atoms. The summed E-state index contributed by atoms with van der Waals surface area (Å²) in [5.74, 6) is 0. The zero-order chi connectivity index (χ0) is 8.69. The van der Waals surface area contributed by atoms with Crippen molar-refractivity contribution in [1.29, 1.82) is 0 Å². The quantitative estimate of drug-likeness (QED) is 0.423. The van der Waals surface area contributed by atoms with Crippen LogP contribution in [0.3, 0.4) is 0 Å². The topological polar surface area (TPSA) is 0 Å². The average molecular weight is 147 g/mol. The molecular formula is C10H16B. The first-order valence-electron chi connectivity index (χ1n) is 4.02. The largest absolute Gasteiger partial charge is 0.145 e. The van der Waals surface area contributed by atoms with Crippen molar-refractivity contribution in [2.45, 2.75) is 27.1 Å². The lowest BCUT2D eigenvalue weighted by Gasteiger charge is -1.99. The van der Waals surface area contributed by atoms with Gasteiger partial charge in [-0.15, -0.1) is 5.47 Å². The molecule has 0 rings (SSSR count). The van der Waals surface area contributed by atoms with E-state index in [4.69, 9.17) is 0 Å². The molecule has 0 nitrogen and oxygen atoms in total. The van der Waals surface area contributed by atoms with Crippen LogP contribution in [0.15, 0.2) is 35.9 Å². The van der Waals surface area contributed by atoms with E-state index >= 15 is 0 Å². The number of rotatable bonds is 4. The van der Waals surface area contributed by atoms with E-state index in [0.29, 0.717) is 0 Å². The molecule has 0 aromatic carbocycles. The summed E-state index contributed by atoms with van der Waals surface area (Å²) in [5, 5.41) is 0. The molecule has 0 atom stereocenters. The molecule has 0 aliphatic rings. The maximum Gasteiger partial charge on any atom is 0.145 e. The third kappa shape index (κ3) is 4.66. The highest BCUT2D eigenvalue weighted by molar-refractivity contribution is 6.45. The van der Waals surface area contributed by atoms with Crippen molar-refractivity contribution in [2.75, 3.05) is 0 Å². The highest BCUT2D eigenvalue weighted by atomic mass is 13.9. The molecular weight excluding hydrogens is 131 g/mol. The second-order valence-electron chi connectivity index (χ2n) is 2.57. The molecule has 0 spiro atoms. The third-order valence-corrected chi connectivity index (χ3v) is 1.61. The summed E-state index contributed by atoms with van der Waals surface area (Å²) in [6.45, 7) is 10.0.